The first-order valence-corrected chi connectivity index (χ1v) is 6.77. The summed E-state index contributed by atoms with van der Waals surface area (Å²) in [5, 5.41) is 0. The lowest BCUT2D eigenvalue weighted by molar-refractivity contribution is -0.118. The molecule has 0 spiro atoms. The number of amides is 1. The summed E-state index contributed by atoms with van der Waals surface area (Å²) < 4.78 is 0. The molecule has 0 saturated carbocycles. The maximum absolute atomic E-state index is 11.7. The van der Waals surface area contributed by atoms with Crippen LogP contribution >= 0.6 is 0 Å². The lowest BCUT2D eigenvalue weighted by atomic mass is 9.98. The summed E-state index contributed by atoms with van der Waals surface area (Å²) in [6.07, 6.45) is 1.38. The van der Waals surface area contributed by atoms with Crippen molar-refractivity contribution in [2.45, 2.75) is 26.7 Å². The molecule has 1 aromatic carbocycles. The van der Waals surface area contributed by atoms with Crippen LogP contribution in [0.1, 0.15) is 23.5 Å². The second-order valence-electron chi connectivity index (χ2n) is 5.24. The van der Waals surface area contributed by atoms with Gasteiger partial charge in [-0.3, -0.25) is 4.79 Å². The van der Waals surface area contributed by atoms with Crippen LogP contribution in [0, 0.1) is 13.8 Å². The number of hydrogen-bond donors (Lipinski definition) is 0. The van der Waals surface area contributed by atoms with Crippen molar-refractivity contribution in [3.05, 3.63) is 41.3 Å². The Hall–Kier alpha value is -2.23. The van der Waals surface area contributed by atoms with E-state index in [-0.39, 0.29) is 5.91 Å². The smallest absolute Gasteiger partial charge is 0.227 e. The molecule has 1 aliphatic rings. The van der Waals surface area contributed by atoms with E-state index in [1.54, 1.807) is 4.90 Å². The SMILES string of the molecule is Cc1cc(-c2ccc3c(c2)CCC(=O)N3C)nc(C)n1. The maximum Gasteiger partial charge on any atom is 0.227 e. The van der Waals surface area contributed by atoms with Gasteiger partial charge >= 0.3 is 0 Å². The molecule has 0 fully saturated rings. The molecule has 2 aromatic rings. The van der Waals surface area contributed by atoms with Crippen molar-refractivity contribution >= 4 is 11.6 Å². The van der Waals surface area contributed by atoms with Crippen LogP contribution in [-0.4, -0.2) is 22.9 Å². The third kappa shape index (κ3) is 2.18. The van der Waals surface area contributed by atoms with Gasteiger partial charge < -0.3 is 4.90 Å². The second-order valence-corrected chi connectivity index (χ2v) is 5.24. The van der Waals surface area contributed by atoms with Crippen molar-refractivity contribution in [1.29, 1.82) is 0 Å². The van der Waals surface area contributed by atoms with Gasteiger partial charge in [0.05, 0.1) is 5.69 Å². The van der Waals surface area contributed by atoms with E-state index in [1.165, 1.54) is 5.56 Å². The van der Waals surface area contributed by atoms with Crippen molar-refractivity contribution < 1.29 is 4.79 Å². The molecule has 1 aliphatic heterocycles. The maximum atomic E-state index is 11.7. The molecule has 1 amide bonds. The number of anilines is 1. The molecular weight excluding hydrogens is 250 g/mol. The molecule has 0 bridgehead atoms. The number of fused-ring (bicyclic) bond motifs is 1. The summed E-state index contributed by atoms with van der Waals surface area (Å²) in [4.78, 5) is 22.2. The van der Waals surface area contributed by atoms with Gasteiger partial charge in [0.1, 0.15) is 5.82 Å². The Morgan fingerprint density at radius 3 is 2.65 bits per heavy atom. The van der Waals surface area contributed by atoms with Crippen LogP contribution in [-0.2, 0) is 11.2 Å². The zero-order valence-corrected chi connectivity index (χ0v) is 12.0. The lowest BCUT2D eigenvalue weighted by Gasteiger charge is -2.26. The fourth-order valence-corrected chi connectivity index (χ4v) is 2.68. The van der Waals surface area contributed by atoms with Gasteiger partial charge in [-0.05, 0) is 44.0 Å². The Morgan fingerprint density at radius 2 is 1.90 bits per heavy atom. The topological polar surface area (TPSA) is 46.1 Å². The molecule has 0 N–H and O–H groups in total. The van der Waals surface area contributed by atoms with Crippen molar-refractivity contribution in [3.8, 4) is 11.3 Å². The summed E-state index contributed by atoms with van der Waals surface area (Å²) >= 11 is 0. The van der Waals surface area contributed by atoms with Crippen molar-refractivity contribution in [2.24, 2.45) is 0 Å². The number of benzene rings is 1. The number of aromatic nitrogens is 2. The molecule has 4 nitrogen and oxygen atoms in total. The third-order valence-corrected chi connectivity index (χ3v) is 3.68. The standard InChI is InChI=1S/C16H17N3O/c1-10-8-14(18-11(2)17-10)12-4-6-15-13(9-12)5-7-16(20)19(15)3/h4,6,8-9H,5,7H2,1-3H3. The minimum absolute atomic E-state index is 0.180. The van der Waals surface area contributed by atoms with E-state index in [9.17, 15) is 4.79 Å². The van der Waals surface area contributed by atoms with Crippen molar-refractivity contribution in [2.75, 3.05) is 11.9 Å². The molecule has 0 unspecified atom stereocenters. The molecule has 4 heteroatoms. The lowest BCUT2D eigenvalue weighted by Crippen LogP contribution is -2.30. The second kappa shape index (κ2) is 4.71. The van der Waals surface area contributed by atoms with Gasteiger partial charge in [0.25, 0.3) is 0 Å². The molecule has 0 saturated heterocycles. The molecular formula is C16H17N3O. The van der Waals surface area contributed by atoms with Crippen LogP contribution < -0.4 is 4.90 Å². The van der Waals surface area contributed by atoms with Gasteiger partial charge in [-0.1, -0.05) is 6.07 Å². The predicted molar refractivity (Wildman–Crippen MR) is 78.7 cm³/mol. The molecule has 2 heterocycles. The predicted octanol–water partition coefficient (Wildman–Crippen LogP) is 2.67. The number of carbonyl (C=O) groups excluding carboxylic acids is 1. The Morgan fingerprint density at radius 1 is 1.10 bits per heavy atom. The van der Waals surface area contributed by atoms with Gasteiger partial charge in [0.15, 0.2) is 0 Å². The highest BCUT2D eigenvalue weighted by Crippen LogP contribution is 2.30. The van der Waals surface area contributed by atoms with Crippen LogP contribution in [0.2, 0.25) is 0 Å². The monoisotopic (exact) mass is 267 g/mol. The molecule has 0 radical (unpaired) electrons. The van der Waals surface area contributed by atoms with E-state index in [1.807, 2.05) is 39.1 Å². The zero-order valence-electron chi connectivity index (χ0n) is 12.0. The summed E-state index contributed by atoms with van der Waals surface area (Å²) in [7, 11) is 1.83. The molecule has 20 heavy (non-hydrogen) atoms. The Bertz CT molecular complexity index is 674. The fourth-order valence-electron chi connectivity index (χ4n) is 2.68. The average Bonchev–Trinajstić information content (AvgIpc) is 2.41. The number of hydrogen-bond acceptors (Lipinski definition) is 3. The van der Waals surface area contributed by atoms with Gasteiger partial charge in [0.2, 0.25) is 5.91 Å². The Labute approximate surface area is 118 Å². The van der Waals surface area contributed by atoms with Crippen LogP contribution in [0.3, 0.4) is 0 Å². The first-order valence-electron chi connectivity index (χ1n) is 6.77. The van der Waals surface area contributed by atoms with E-state index in [2.05, 4.69) is 16.0 Å². The van der Waals surface area contributed by atoms with Crippen LogP contribution in [0.15, 0.2) is 24.3 Å². The minimum atomic E-state index is 0.180. The molecule has 3 rings (SSSR count). The van der Waals surface area contributed by atoms with Gasteiger partial charge in [-0.15, -0.1) is 0 Å². The molecule has 0 aliphatic carbocycles. The summed E-state index contributed by atoms with van der Waals surface area (Å²) in [5.74, 6) is 0.962. The van der Waals surface area contributed by atoms with Gasteiger partial charge in [0, 0.05) is 30.4 Å². The minimum Gasteiger partial charge on any atom is -0.315 e. The highest BCUT2D eigenvalue weighted by atomic mass is 16.2. The number of carbonyl (C=O) groups is 1. The molecule has 1 aromatic heterocycles. The summed E-state index contributed by atoms with van der Waals surface area (Å²) in [5.41, 5.74) is 5.21. The summed E-state index contributed by atoms with van der Waals surface area (Å²) in [6, 6.07) is 8.16. The number of nitrogens with zero attached hydrogens (tertiary/aromatic N) is 3. The van der Waals surface area contributed by atoms with Crippen LogP contribution in [0.5, 0.6) is 0 Å². The van der Waals surface area contributed by atoms with Crippen LogP contribution in [0.25, 0.3) is 11.3 Å². The molecule has 102 valence electrons. The number of rotatable bonds is 1. The first-order chi connectivity index (χ1) is 9.54. The third-order valence-electron chi connectivity index (χ3n) is 3.68. The van der Waals surface area contributed by atoms with E-state index in [0.717, 1.165) is 34.9 Å². The van der Waals surface area contributed by atoms with E-state index >= 15 is 0 Å². The van der Waals surface area contributed by atoms with Gasteiger partial charge in [-0.2, -0.15) is 0 Å². The number of aryl methyl sites for hydroxylation is 3. The first kappa shape index (κ1) is 12.8. The van der Waals surface area contributed by atoms with E-state index in [4.69, 9.17) is 0 Å². The average molecular weight is 267 g/mol. The highest BCUT2D eigenvalue weighted by molar-refractivity contribution is 5.96. The zero-order chi connectivity index (χ0) is 14.3. The van der Waals surface area contributed by atoms with E-state index < -0.39 is 0 Å². The van der Waals surface area contributed by atoms with Gasteiger partial charge in [-0.25, -0.2) is 9.97 Å². The van der Waals surface area contributed by atoms with Crippen molar-refractivity contribution in [1.82, 2.24) is 9.97 Å². The summed E-state index contributed by atoms with van der Waals surface area (Å²) in [6.45, 7) is 3.88. The van der Waals surface area contributed by atoms with E-state index in [0.29, 0.717) is 6.42 Å². The fraction of sp³-hybridized carbons (Fsp3) is 0.312. The Balaban J connectivity index is 2.07. The highest BCUT2D eigenvalue weighted by Gasteiger charge is 2.21. The van der Waals surface area contributed by atoms with Crippen LogP contribution in [0.4, 0.5) is 5.69 Å². The quantitative estimate of drug-likeness (QED) is 0.798. The Kier molecular flexibility index (Phi) is 3.01. The van der Waals surface area contributed by atoms with Crippen molar-refractivity contribution in [3.63, 3.8) is 0 Å². The normalized spacial score (nSPS) is 14.3. The molecule has 0 atom stereocenters. The largest absolute Gasteiger partial charge is 0.315 e.